The summed E-state index contributed by atoms with van der Waals surface area (Å²) in [6.07, 6.45) is 0. The van der Waals surface area contributed by atoms with Crippen molar-refractivity contribution in [3.63, 3.8) is 0 Å². The minimum atomic E-state index is -0.500. The second-order valence-electron chi connectivity index (χ2n) is 4.03. The third-order valence-electron chi connectivity index (χ3n) is 2.48. The minimum Gasteiger partial charge on any atom is -0.487 e. The second kappa shape index (κ2) is 8.89. The molecule has 0 unspecified atom stereocenters. The van der Waals surface area contributed by atoms with Crippen molar-refractivity contribution >= 4 is 40.5 Å². The van der Waals surface area contributed by atoms with Crippen LogP contribution in [0.5, 0.6) is 0 Å². The van der Waals surface area contributed by atoms with Crippen LogP contribution in [0.2, 0.25) is 0 Å². The van der Waals surface area contributed by atoms with Gasteiger partial charge >= 0.3 is 0 Å². The van der Waals surface area contributed by atoms with E-state index >= 15 is 0 Å². The molecule has 0 aliphatic heterocycles. The molecule has 4 nitrogen and oxygen atoms in total. The fraction of sp³-hybridized carbons (Fsp3) is 0.0667. The number of nitrogens with zero attached hydrogens (tertiary/aromatic N) is 1. The fourth-order valence-corrected chi connectivity index (χ4v) is 1.81. The van der Waals surface area contributed by atoms with Gasteiger partial charge < -0.3 is 15.9 Å². The zero-order chi connectivity index (χ0) is 15.7. The molecule has 0 bridgehead atoms. The molecule has 0 aliphatic rings. The Morgan fingerprint density at radius 3 is 1.76 bits per heavy atom. The molecule has 0 spiro atoms. The molecule has 0 aromatic heterocycles. The maximum atomic E-state index is 9.58. The Hall–Kier alpha value is -2.18. The third kappa shape index (κ3) is 6.69. The van der Waals surface area contributed by atoms with Crippen molar-refractivity contribution in [1.82, 2.24) is 0 Å². The number of rotatable bonds is 3. The Bertz CT molecular complexity index is 573. The van der Waals surface area contributed by atoms with E-state index in [1.165, 1.54) is 0 Å². The van der Waals surface area contributed by atoms with Crippen molar-refractivity contribution in [2.45, 2.75) is 6.54 Å². The lowest BCUT2D eigenvalue weighted by Gasteiger charge is -2.21. The van der Waals surface area contributed by atoms with Gasteiger partial charge in [-0.2, -0.15) is 0 Å². The van der Waals surface area contributed by atoms with E-state index in [2.05, 4.69) is 18.0 Å². The van der Waals surface area contributed by atoms with Crippen molar-refractivity contribution in [3.05, 3.63) is 66.2 Å². The van der Waals surface area contributed by atoms with Crippen molar-refractivity contribution < 1.29 is 10.2 Å². The molecular formula is C15H16N2O2S2. The Kier molecular flexibility index (Phi) is 7.14. The van der Waals surface area contributed by atoms with Crippen molar-refractivity contribution in [2.75, 3.05) is 4.90 Å². The van der Waals surface area contributed by atoms with Gasteiger partial charge in [0.1, 0.15) is 0 Å². The van der Waals surface area contributed by atoms with Gasteiger partial charge in [0.2, 0.25) is 0 Å². The van der Waals surface area contributed by atoms with Crippen LogP contribution in [0, 0.1) is 0 Å². The summed E-state index contributed by atoms with van der Waals surface area (Å²) in [7, 11) is 0. The molecule has 21 heavy (non-hydrogen) atoms. The Morgan fingerprint density at radius 1 is 0.905 bits per heavy atom. The summed E-state index contributed by atoms with van der Waals surface area (Å²) in [5.74, 6) is 0. The van der Waals surface area contributed by atoms with E-state index in [-0.39, 0.29) is 5.17 Å². The van der Waals surface area contributed by atoms with Crippen LogP contribution >= 0.6 is 24.4 Å². The molecular weight excluding hydrogens is 304 g/mol. The van der Waals surface area contributed by atoms with Crippen molar-refractivity contribution in [2.24, 2.45) is 5.73 Å². The van der Waals surface area contributed by atoms with Crippen LogP contribution in [0.3, 0.4) is 0 Å². The Balaban J connectivity index is 0.000000491. The molecule has 0 atom stereocenters. The number of thiocarbonyl (C=S) groups is 2. The number of anilines is 1. The number of hydrogen-bond donors (Lipinski definition) is 3. The smallest absolute Gasteiger partial charge is 0.261 e. The van der Waals surface area contributed by atoms with E-state index in [4.69, 9.17) is 17.3 Å². The lowest BCUT2D eigenvalue weighted by molar-refractivity contribution is 0.547. The summed E-state index contributed by atoms with van der Waals surface area (Å²) in [5.41, 5.74) is 6.40. The first-order valence-electron chi connectivity index (χ1n) is 6.08. The summed E-state index contributed by atoms with van der Waals surface area (Å²) in [4.78, 5) is 1.70. The molecule has 0 radical (unpaired) electrons. The average Bonchev–Trinajstić information content (AvgIpc) is 2.46. The molecule has 2 aromatic rings. The summed E-state index contributed by atoms with van der Waals surface area (Å²) < 4.78 is 0. The maximum Gasteiger partial charge on any atom is 0.261 e. The van der Waals surface area contributed by atoms with Crippen molar-refractivity contribution in [3.8, 4) is 0 Å². The molecule has 4 N–H and O–H groups in total. The standard InChI is InChI=1S/C14H13NOS.CH3NOS/c16-14(17)15(13-9-5-2-6-10-13)11-12-7-3-1-4-8-12;2-1(3)4/h1-10H,11H2,(H,16,17);(H3,2,3,4). The van der Waals surface area contributed by atoms with Gasteiger partial charge in [-0.05, 0) is 42.1 Å². The van der Waals surface area contributed by atoms with Gasteiger partial charge in [-0.15, -0.1) is 0 Å². The van der Waals surface area contributed by atoms with E-state index in [0.717, 1.165) is 11.3 Å². The highest BCUT2D eigenvalue weighted by atomic mass is 32.1. The zero-order valence-corrected chi connectivity index (χ0v) is 12.8. The molecule has 0 heterocycles. The van der Waals surface area contributed by atoms with Gasteiger partial charge in [0, 0.05) is 5.69 Å². The van der Waals surface area contributed by atoms with Crippen LogP contribution < -0.4 is 10.6 Å². The lowest BCUT2D eigenvalue weighted by Crippen LogP contribution is -2.28. The molecule has 6 heteroatoms. The minimum absolute atomic E-state index is 0.111. The first-order chi connectivity index (χ1) is 10.0. The summed E-state index contributed by atoms with van der Waals surface area (Å²) in [6.45, 7) is 0.570. The van der Waals surface area contributed by atoms with Gasteiger partial charge in [-0.25, -0.2) is 0 Å². The molecule has 110 valence electrons. The fourth-order valence-electron chi connectivity index (χ4n) is 1.64. The van der Waals surface area contributed by atoms with Crippen LogP contribution in [0.15, 0.2) is 60.7 Å². The van der Waals surface area contributed by atoms with Crippen LogP contribution in [0.4, 0.5) is 5.69 Å². The Morgan fingerprint density at radius 2 is 1.33 bits per heavy atom. The Labute approximate surface area is 134 Å². The first-order valence-corrected chi connectivity index (χ1v) is 6.90. The highest BCUT2D eigenvalue weighted by Crippen LogP contribution is 2.16. The van der Waals surface area contributed by atoms with Gasteiger partial charge in [0.05, 0.1) is 6.54 Å². The van der Waals surface area contributed by atoms with E-state index in [1.54, 1.807) is 4.90 Å². The van der Waals surface area contributed by atoms with Crippen molar-refractivity contribution in [1.29, 1.82) is 0 Å². The predicted molar refractivity (Wildman–Crippen MR) is 93.7 cm³/mol. The second-order valence-corrected chi connectivity index (χ2v) is 4.81. The number of aliphatic hydroxyl groups is 2. The highest BCUT2D eigenvalue weighted by molar-refractivity contribution is 7.80. The summed E-state index contributed by atoms with van der Waals surface area (Å²) in [5, 5.41) is 16.5. The highest BCUT2D eigenvalue weighted by Gasteiger charge is 2.10. The van der Waals surface area contributed by atoms with Gasteiger partial charge in [0.25, 0.3) is 10.3 Å². The van der Waals surface area contributed by atoms with Gasteiger partial charge in [0.15, 0.2) is 0 Å². The summed E-state index contributed by atoms with van der Waals surface area (Å²) in [6, 6.07) is 19.5. The quantitative estimate of drug-likeness (QED) is 0.754. The molecule has 0 saturated carbocycles. The SMILES string of the molecule is NC(O)=S.OC(=S)N(Cc1ccccc1)c1ccccc1. The molecule has 0 amide bonds. The lowest BCUT2D eigenvalue weighted by atomic mass is 10.2. The number of hydrogen-bond acceptors (Lipinski definition) is 2. The summed E-state index contributed by atoms with van der Waals surface area (Å²) >= 11 is 8.75. The number of aliphatic hydroxyl groups excluding tert-OH is 2. The van der Waals surface area contributed by atoms with Gasteiger partial charge in [-0.1, -0.05) is 48.5 Å². The number of nitrogens with two attached hydrogens (primary N) is 1. The van der Waals surface area contributed by atoms with Crippen LogP contribution in [-0.4, -0.2) is 20.6 Å². The average molecular weight is 320 g/mol. The van der Waals surface area contributed by atoms with E-state index in [0.29, 0.717) is 6.54 Å². The van der Waals surface area contributed by atoms with Crippen LogP contribution in [0.1, 0.15) is 5.56 Å². The topological polar surface area (TPSA) is 69.7 Å². The zero-order valence-electron chi connectivity index (χ0n) is 11.2. The van der Waals surface area contributed by atoms with E-state index in [9.17, 15) is 5.11 Å². The van der Waals surface area contributed by atoms with Crippen LogP contribution in [-0.2, 0) is 6.54 Å². The maximum absolute atomic E-state index is 9.58. The molecule has 0 fully saturated rings. The first kappa shape index (κ1) is 16.9. The number of benzene rings is 2. The van der Waals surface area contributed by atoms with Gasteiger partial charge in [-0.3, -0.25) is 4.90 Å². The monoisotopic (exact) mass is 320 g/mol. The number of para-hydroxylation sites is 1. The molecule has 0 aliphatic carbocycles. The predicted octanol–water partition coefficient (Wildman–Crippen LogP) is 3.32. The third-order valence-corrected chi connectivity index (χ3v) is 2.70. The molecule has 0 saturated heterocycles. The largest absolute Gasteiger partial charge is 0.487 e. The molecule has 2 rings (SSSR count). The molecule has 2 aromatic carbocycles. The van der Waals surface area contributed by atoms with E-state index in [1.807, 2.05) is 60.7 Å². The van der Waals surface area contributed by atoms with Crippen LogP contribution in [0.25, 0.3) is 0 Å². The van der Waals surface area contributed by atoms with E-state index < -0.39 is 5.17 Å². The normalized spacial score (nSPS) is 9.14.